The van der Waals surface area contributed by atoms with Gasteiger partial charge in [-0.15, -0.1) is 0 Å². The quantitative estimate of drug-likeness (QED) is 0.453. The molecule has 4 aromatic rings. The second-order valence-electron chi connectivity index (χ2n) is 7.92. The minimum atomic E-state index is -0.186. The molecule has 7 nitrogen and oxygen atoms in total. The zero-order valence-corrected chi connectivity index (χ0v) is 18.8. The van der Waals surface area contributed by atoms with Crippen LogP contribution in [0.2, 0.25) is 5.02 Å². The first-order chi connectivity index (χ1) is 16.2. The van der Waals surface area contributed by atoms with Crippen LogP contribution >= 0.6 is 11.6 Å². The van der Waals surface area contributed by atoms with Crippen molar-refractivity contribution < 1.29 is 9.53 Å². The van der Waals surface area contributed by atoms with Crippen LogP contribution in [0.4, 0.5) is 0 Å². The van der Waals surface area contributed by atoms with Gasteiger partial charge in [-0.3, -0.25) is 14.7 Å². The summed E-state index contributed by atoms with van der Waals surface area (Å²) in [5, 5.41) is 3.63. The number of rotatable bonds is 6. The summed E-state index contributed by atoms with van der Waals surface area (Å²) in [6, 6.07) is 15.2. The van der Waals surface area contributed by atoms with E-state index in [0.29, 0.717) is 17.3 Å². The van der Waals surface area contributed by atoms with E-state index < -0.39 is 0 Å². The normalized spacial score (nSPS) is 14.5. The van der Waals surface area contributed by atoms with Crippen LogP contribution in [-0.4, -0.2) is 65.2 Å². The summed E-state index contributed by atoms with van der Waals surface area (Å²) in [7, 11) is 0. The Balaban J connectivity index is 1.47. The summed E-state index contributed by atoms with van der Waals surface area (Å²) in [5.41, 5.74) is 5.68. The molecule has 1 amide bonds. The molecule has 1 saturated heterocycles. The maximum atomic E-state index is 12.9. The molecule has 0 unspecified atom stereocenters. The molecule has 4 heterocycles. The number of nitrogens with one attached hydrogen (secondary N) is 2. The molecule has 5 rings (SSSR count). The van der Waals surface area contributed by atoms with Gasteiger partial charge in [0.25, 0.3) is 5.91 Å². The average Bonchev–Trinajstić information content (AvgIpc) is 3.24. The Hall–Kier alpha value is -3.26. The van der Waals surface area contributed by atoms with E-state index in [2.05, 4.69) is 20.2 Å². The number of hydrogen-bond acceptors (Lipinski definition) is 5. The van der Waals surface area contributed by atoms with Crippen molar-refractivity contribution in [1.29, 1.82) is 0 Å². The number of H-pyrrole nitrogens is 1. The molecule has 0 atom stereocenters. The van der Waals surface area contributed by atoms with E-state index in [9.17, 15) is 4.79 Å². The standard InChI is InChI=1S/C25H24ClN5O2/c26-19-3-1-2-18(16-19)22-23(17-6-8-27-9-7-17)29-20-4-5-21(30-24(20)22)25(32)28-10-11-31-12-14-33-15-13-31/h1-9,16,29H,10-15H2,(H,28,32). The smallest absolute Gasteiger partial charge is 0.269 e. The average molecular weight is 462 g/mol. The van der Waals surface area contributed by atoms with Crippen LogP contribution in [0.15, 0.2) is 60.9 Å². The van der Waals surface area contributed by atoms with Crippen LogP contribution < -0.4 is 5.32 Å². The van der Waals surface area contributed by atoms with Crippen molar-refractivity contribution in [3.05, 3.63) is 71.6 Å². The van der Waals surface area contributed by atoms with Gasteiger partial charge in [-0.25, -0.2) is 4.98 Å². The van der Waals surface area contributed by atoms with Crippen LogP contribution in [0.3, 0.4) is 0 Å². The maximum absolute atomic E-state index is 12.9. The molecule has 0 bridgehead atoms. The first kappa shape index (κ1) is 21.6. The van der Waals surface area contributed by atoms with E-state index in [1.807, 2.05) is 42.5 Å². The summed E-state index contributed by atoms with van der Waals surface area (Å²) in [4.78, 5) is 27.5. The predicted octanol–water partition coefficient (Wildman–Crippen LogP) is 4.01. The summed E-state index contributed by atoms with van der Waals surface area (Å²) in [5.74, 6) is -0.186. The molecular formula is C25H24ClN5O2. The first-order valence-corrected chi connectivity index (χ1v) is 11.3. The van der Waals surface area contributed by atoms with Crippen LogP contribution in [0.1, 0.15) is 10.5 Å². The van der Waals surface area contributed by atoms with E-state index in [1.165, 1.54) is 0 Å². The highest BCUT2D eigenvalue weighted by molar-refractivity contribution is 6.31. The number of aromatic amines is 1. The molecule has 168 valence electrons. The monoisotopic (exact) mass is 461 g/mol. The van der Waals surface area contributed by atoms with Crippen LogP contribution in [-0.2, 0) is 4.74 Å². The van der Waals surface area contributed by atoms with Gasteiger partial charge in [-0.1, -0.05) is 23.7 Å². The van der Waals surface area contributed by atoms with E-state index >= 15 is 0 Å². The Morgan fingerprint density at radius 2 is 1.91 bits per heavy atom. The number of morpholine rings is 1. The molecule has 8 heteroatoms. The Kier molecular flexibility index (Phi) is 6.35. The van der Waals surface area contributed by atoms with Crippen molar-refractivity contribution in [2.75, 3.05) is 39.4 Å². The summed E-state index contributed by atoms with van der Waals surface area (Å²) in [6.45, 7) is 4.63. The minimum Gasteiger partial charge on any atom is -0.379 e. The Morgan fingerprint density at radius 3 is 2.70 bits per heavy atom. The van der Waals surface area contributed by atoms with Crippen LogP contribution in [0, 0.1) is 0 Å². The number of nitrogens with zero attached hydrogens (tertiary/aromatic N) is 3. The van der Waals surface area contributed by atoms with Crippen molar-refractivity contribution in [3.8, 4) is 22.4 Å². The lowest BCUT2D eigenvalue weighted by molar-refractivity contribution is 0.0383. The third-order valence-corrected chi connectivity index (χ3v) is 6.01. The third-order valence-electron chi connectivity index (χ3n) is 5.77. The van der Waals surface area contributed by atoms with Crippen molar-refractivity contribution in [2.45, 2.75) is 0 Å². The lowest BCUT2D eigenvalue weighted by Gasteiger charge is -2.26. The lowest BCUT2D eigenvalue weighted by Crippen LogP contribution is -2.41. The number of aromatic nitrogens is 3. The van der Waals surface area contributed by atoms with Gasteiger partial charge >= 0.3 is 0 Å². The van der Waals surface area contributed by atoms with Crippen molar-refractivity contribution in [2.24, 2.45) is 0 Å². The number of amides is 1. The van der Waals surface area contributed by atoms with Crippen molar-refractivity contribution in [3.63, 3.8) is 0 Å². The Bertz CT molecular complexity index is 1270. The molecule has 0 spiro atoms. The number of carbonyl (C=O) groups excluding carboxylic acids is 1. The Labute approximate surface area is 196 Å². The number of carbonyl (C=O) groups is 1. The van der Waals surface area contributed by atoms with Gasteiger partial charge in [0.05, 0.1) is 29.9 Å². The summed E-state index contributed by atoms with van der Waals surface area (Å²) >= 11 is 6.30. The van der Waals surface area contributed by atoms with E-state index in [1.54, 1.807) is 18.5 Å². The van der Waals surface area contributed by atoms with E-state index in [4.69, 9.17) is 21.3 Å². The largest absolute Gasteiger partial charge is 0.379 e. The van der Waals surface area contributed by atoms with Gasteiger partial charge in [0, 0.05) is 54.7 Å². The molecule has 1 aliphatic rings. The highest BCUT2D eigenvalue weighted by Gasteiger charge is 2.19. The van der Waals surface area contributed by atoms with Crippen LogP contribution in [0.25, 0.3) is 33.4 Å². The fraction of sp³-hybridized carbons (Fsp3) is 0.240. The van der Waals surface area contributed by atoms with Gasteiger partial charge in [-0.05, 0) is 42.0 Å². The van der Waals surface area contributed by atoms with Gasteiger partial charge in [0.1, 0.15) is 5.69 Å². The zero-order chi connectivity index (χ0) is 22.6. The SMILES string of the molecule is O=C(NCCN1CCOCC1)c1ccc2[nH]c(-c3ccncc3)c(-c3cccc(Cl)c3)c2n1. The van der Waals surface area contributed by atoms with Gasteiger partial charge in [0.15, 0.2) is 0 Å². The molecule has 33 heavy (non-hydrogen) atoms. The molecule has 0 radical (unpaired) electrons. The molecule has 3 aromatic heterocycles. The molecule has 0 saturated carbocycles. The lowest BCUT2D eigenvalue weighted by atomic mass is 10.0. The number of ether oxygens (including phenoxy) is 1. The summed E-state index contributed by atoms with van der Waals surface area (Å²) in [6.07, 6.45) is 3.51. The zero-order valence-electron chi connectivity index (χ0n) is 18.1. The predicted molar refractivity (Wildman–Crippen MR) is 129 cm³/mol. The van der Waals surface area contributed by atoms with Crippen molar-refractivity contribution in [1.82, 2.24) is 25.2 Å². The van der Waals surface area contributed by atoms with Gasteiger partial charge in [0.2, 0.25) is 0 Å². The second kappa shape index (κ2) is 9.70. The minimum absolute atomic E-state index is 0.186. The maximum Gasteiger partial charge on any atom is 0.269 e. The summed E-state index contributed by atoms with van der Waals surface area (Å²) < 4.78 is 5.37. The van der Waals surface area contributed by atoms with Crippen LogP contribution in [0.5, 0.6) is 0 Å². The highest BCUT2D eigenvalue weighted by Crippen LogP contribution is 2.38. The number of fused-ring (bicyclic) bond motifs is 1. The van der Waals surface area contributed by atoms with Gasteiger partial charge < -0.3 is 15.0 Å². The topological polar surface area (TPSA) is 83.1 Å². The number of benzene rings is 1. The molecule has 0 aliphatic carbocycles. The van der Waals surface area contributed by atoms with Crippen molar-refractivity contribution >= 4 is 28.5 Å². The van der Waals surface area contributed by atoms with Gasteiger partial charge in [-0.2, -0.15) is 0 Å². The molecular weight excluding hydrogens is 438 g/mol. The fourth-order valence-electron chi connectivity index (χ4n) is 4.10. The molecule has 1 aliphatic heterocycles. The molecule has 2 N–H and O–H groups in total. The Morgan fingerprint density at radius 1 is 1.09 bits per heavy atom. The van der Waals surface area contributed by atoms with E-state index in [0.717, 1.165) is 66.3 Å². The first-order valence-electron chi connectivity index (χ1n) is 11.0. The number of hydrogen-bond donors (Lipinski definition) is 2. The second-order valence-corrected chi connectivity index (χ2v) is 8.36. The third kappa shape index (κ3) is 4.75. The highest BCUT2D eigenvalue weighted by atomic mass is 35.5. The molecule has 1 aromatic carbocycles. The van der Waals surface area contributed by atoms with E-state index in [-0.39, 0.29) is 5.91 Å². The number of pyridine rings is 2. The molecule has 1 fully saturated rings. The fourth-order valence-corrected chi connectivity index (χ4v) is 4.29. The number of halogens is 1.